The molecule has 0 aromatic carbocycles. The van der Waals surface area contributed by atoms with E-state index in [1.807, 2.05) is 13.0 Å². The number of aryl methyl sites for hydroxylation is 1. The summed E-state index contributed by atoms with van der Waals surface area (Å²) >= 11 is 0. The van der Waals surface area contributed by atoms with E-state index in [1.165, 1.54) is 6.20 Å². The summed E-state index contributed by atoms with van der Waals surface area (Å²) in [5, 5.41) is 9.11. The van der Waals surface area contributed by atoms with Crippen LogP contribution >= 0.6 is 0 Å². The van der Waals surface area contributed by atoms with Crippen molar-refractivity contribution in [2.24, 2.45) is 11.8 Å². The number of halogens is 3. The molecular weight excluding hydrogens is 339 g/mol. The number of carbonyl (C=O) groups excluding carboxylic acids is 1. The first-order chi connectivity index (χ1) is 11.6. The number of nitrogens with zero attached hydrogens (tertiary/aromatic N) is 3. The minimum absolute atomic E-state index is 0.00226. The van der Waals surface area contributed by atoms with Crippen molar-refractivity contribution >= 4 is 17.5 Å². The summed E-state index contributed by atoms with van der Waals surface area (Å²) in [5.41, 5.74) is 1.43. The van der Waals surface area contributed by atoms with Gasteiger partial charge in [0, 0.05) is 25.5 Å². The van der Waals surface area contributed by atoms with E-state index in [4.69, 9.17) is 5.11 Å². The molecule has 2 aromatic rings. The third-order valence-electron chi connectivity index (χ3n) is 4.38. The van der Waals surface area contributed by atoms with Crippen LogP contribution in [0.25, 0.3) is 5.65 Å². The Hall–Kier alpha value is -2.58. The highest BCUT2D eigenvalue weighted by Crippen LogP contribution is 2.35. The number of pyridine rings is 1. The third-order valence-corrected chi connectivity index (χ3v) is 4.38. The second-order valence-corrected chi connectivity index (χ2v) is 6.32. The largest absolute Gasteiger partial charge is 0.481 e. The zero-order valence-electron chi connectivity index (χ0n) is 13.3. The molecule has 2 atom stereocenters. The van der Waals surface area contributed by atoms with Crippen LogP contribution in [-0.2, 0) is 4.79 Å². The Morgan fingerprint density at radius 1 is 1.32 bits per heavy atom. The predicted molar refractivity (Wildman–Crippen MR) is 81.1 cm³/mol. The molecule has 0 unspecified atom stereocenters. The summed E-state index contributed by atoms with van der Waals surface area (Å²) in [4.78, 5) is 28.9. The zero-order chi connectivity index (χ0) is 18.4. The van der Waals surface area contributed by atoms with Crippen molar-refractivity contribution in [3.8, 4) is 0 Å². The highest BCUT2D eigenvalue weighted by Gasteiger charge is 2.47. The number of carboxylic acid groups (broad SMARTS) is 1. The first kappa shape index (κ1) is 17.2. The van der Waals surface area contributed by atoms with Gasteiger partial charge in [-0.2, -0.15) is 13.2 Å². The maximum Gasteiger partial charge on any atom is 0.393 e. The Morgan fingerprint density at radius 3 is 2.68 bits per heavy atom. The number of carbonyl (C=O) groups is 2. The van der Waals surface area contributed by atoms with Crippen LogP contribution in [0.1, 0.15) is 22.5 Å². The Morgan fingerprint density at radius 2 is 2.04 bits per heavy atom. The van der Waals surface area contributed by atoms with Gasteiger partial charge in [-0.25, -0.2) is 4.98 Å². The Kier molecular flexibility index (Phi) is 4.18. The van der Waals surface area contributed by atoms with Crippen molar-refractivity contribution in [2.45, 2.75) is 19.5 Å². The molecule has 134 valence electrons. The second kappa shape index (κ2) is 6.05. The lowest BCUT2D eigenvalue weighted by atomic mass is 9.88. The standard InChI is InChI=1S/C16H16F3N3O3/c1-9-2-3-21-8-12(20-13(21)4-9)14(23)22-6-10(15(24)25)5-11(7-22)16(17,18)19/h2-4,8,10-11H,5-7H2,1H3,(H,24,25)/t10-,11+/m1/s1. The van der Waals surface area contributed by atoms with Crippen LogP contribution in [0.15, 0.2) is 24.5 Å². The fraction of sp³-hybridized carbons (Fsp3) is 0.438. The van der Waals surface area contributed by atoms with Crippen LogP contribution < -0.4 is 0 Å². The molecule has 1 saturated heterocycles. The second-order valence-electron chi connectivity index (χ2n) is 6.32. The number of likely N-dealkylation sites (tertiary alicyclic amines) is 1. The molecule has 0 spiro atoms. The average molecular weight is 355 g/mol. The summed E-state index contributed by atoms with van der Waals surface area (Å²) in [5.74, 6) is -5.13. The lowest BCUT2D eigenvalue weighted by Gasteiger charge is -2.36. The third kappa shape index (κ3) is 3.45. The SMILES string of the molecule is Cc1ccn2cc(C(=O)N3C[C@H](C(=O)O)C[C@H](C(F)(F)F)C3)nc2c1. The molecule has 2 aromatic heterocycles. The molecule has 1 fully saturated rings. The molecule has 1 aliphatic heterocycles. The molecule has 0 bridgehead atoms. The van der Waals surface area contributed by atoms with E-state index < -0.39 is 42.9 Å². The van der Waals surface area contributed by atoms with Crippen LogP contribution in [0.4, 0.5) is 13.2 Å². The van der Waals surface area contributed by atoms with Gasteiger partial charge >= 0.3 is 12.1 Å². The van der Waals surface area contributed by atoms with Gasteiger partial charge < -0.3 is 14.4 Å². The van der Waals surface area contributed by atoms with Gasteiger partial charge in [0.1, 0.15) is 11.3 Å². The molecule has 1 amide bonds. The highest BCUT2D eigenvalue weighted by atomic mass is 19.4. The van der Waals surface area contributed by atoms with Crippen LogP contribution in [0.2, 0.25) is 0 Å². The van der Waals surface area contributed by atoms with Gasteiger partial charge in [0.2, 0.25) is 0 Å². The van der Waals surface area contributed by atoms with Crippen molar-refractivity contribution < 1.29 is 27.9 Å². The average Bonchev–Trinajstić information content (AvgIpc) is 2.95. The van der Waals surface area contributed by atoms with Crippen LogP contribution in [-0.4, -0.2) is 50.5 Å². The quantitative estimate of drug-likeness (QED) is 0.897. The maximum absolute atomic E-state index is 13.1. The van der Waals surface area contributed by atoms with Crippen molar-refractivity contribution in [2.75, 3.05) is 13.1 Å². The number of carboxylic acids is 1. The normalized spacial score (nSPS) is 21.5. The van der Waals surface area contributed by atoms with Gasteiger partial charge in [0.15, 0.2) is 0 Å². The molecule has 3 rings (SSSR count). The van der Waals surface area contributed by atoms with Gasteiger partial charge in [-0.3, -0.25) is 9.59 Å². The number of aliphatic carboxylic acids is 1. The van der Waals surface area contributed by atoms with Crippen molar-refractivity contribution in [3.63, 3.8) is 0 Å². The number of amides is 1. The van der Waals surface area contributed by atoms with Gasteiger partial charge in [-0.05, 0) is 31.0 Å². The van der Waals surface area contributed by atoms with E-state index in [1.54, 1.807) is 16.7 Å². The molecule has 1 aliphatic rings. The molecule has 3 heterocycles. The number of piperidine rings is 1. The summed E-state index contributed by atoms with van der Waals surface area (Å²) in [6.07, 6.45) is -1.94. The summed E-state index contributed by atoms with van der Waals surface area (Å²) in [6, 6.07) is 3.55. The number of rotatable bonds is 2. The topological polar surface area (TPSA) is 74.9 Å². The number of alkyl halides is 3. The minimum Gasteiger partial charge on any atom is -0.481 e. The first-order valence-electron chi connectivity index (χ1n) is 7.69. The Bertz CT molecular complexity index is 831. The summed E-state index contributed by atoms with van der Waals surface area (Å²) in [6.45, 7) is 1.04. The van der Waals surface area contributed by atoms with E-state index in [0.717, 1.165) is 10.5 Å². The predicted octanol–water partition coefficient (Wildman–Crippen LogP) is 2.37. The number of imidazole rings is 1. The maximum atomic E-state index is 13.1. The van der Waals surface area contributed by atoms with Crippen molar-refractivity contribution in [1.29, 1.82) is 0 Å². The number of hydrogen-bond acceptors (Lipinski definition) is 3. The van der Waals surface area contributed by atoms with E-state index in [0.29, 0.717) is 5.65 Å². The number of fused-ring (bicyclic) bond motifs is 1. The molecule has 0 radical (unpaired) electrons. The molecule has 6 nitrogen and oxygen atoms in total. The van der Waals surface area contributed by atoms with E-state index in [-0.39, 0.29) is 12.2 Å². The van der Waals surface area contributed by atoms with Crippen LogP contribution in [0, 0.1) is 18.8 Å². The molecule has 0 saturated carbocycles. The zero-order valence-corrected chi connectivity index (χ0v) is 13.3. The van der Waals surface area contributed by atoms with E-state index in [9.17, 15) is 22.8 Å². The Balaban J connectivity index is 1.89. The lowest BCUT2D eigenvalue weighted by molar-refractivity contribution is -0.191. The fourth-order valence-corrected chi connectivity index (χ4v) is 3.03. The van der Waals surface area contributed by atoms with Crippen LogP contribution in [0.5, 0.6) is 0 Å². The molecule has 1 N–H and O–H groups in total. The monoisotopic (exact) mass is 355 g/mol. The highest BCUT2D eigenvalue weighted by molar-refractivity contribution is 5.93. The van der Waals surface area contributed by atoms with Gasteiger partial charge in [-0.15, -0.1) is 0 Å². The smallest absolute Gasteiger partial charge is 0.393 e. The van der Waals surface area contributed by atoms with Crippen molar-refractivity contribution in [3.05, 3.63) is 35.8 Å². The van der Waals surface area contributed by atoms with Gasteiger partial charge in [-0.1, -0.05) is 0 Å². The summed E-state index contributed by atoms with van der Waals surface area (Å²) < 4.78 is 40.8. The fourth-order valence-electron chi connectivity index (χ4n) is 3.03. The van der Waals surface area contributed by atoms with E-state index in [2.05, 4.69) is 4.98 Å². The molecule has 0 aliphatic carbocycles. The number of hydrogen-bond donors (Lipinski definition) is 1. The molecule has 9 heteroatoms. The van der Waals surface area contributed by atoms with E-state index >= 15 is 0 Å². The van der Waals surface area contributed by atoms with Crippen LogP contribution in [0.3, 0.4) is 0 Å². The Labute approximate surface area is 140 Å². The van der Waals surface area contributed by atoms with Gasteiger partial charge in [0.05, 0.1) is 11.8 Å². The molecule has 25 heavy (non-hydrogen) atoms. The number of aromatic nitrogens is 2. The minimum atomic E-state index is -4.55. The van der Waals surface area contributed by atoms with Crippen molar-refractivity contribution in [1.82, 2.24) is 14.3 Å². The van der Waals surface area contributed by atoms with Gasteiger partial charge in [0.25, 0.3) is 5.91 Å². The molecular formula is C16H16F3N3O3. The summed E-state index contributed by atoms with van der Waals surface area (Å²) in [7, 11) is 0. The first-order valence-corrected chi connectivity index (χ1v) is 7.69. The lowest BCUT2D eigenvalue weighted by Crippen LogP contribution is -2.50.